The molecular weight excluding hydrogens is 142 g/mol. The van der Waals surface area contributed by atoms with E-state index in [0.717, 1.165) is 17.5 Å². The van der Waals surface area contributed by atoms with Crippen LogP contribution in [0.1, 0.15) is 13.3 Å². The minimum atomic E-state index is 0.733. The highest BCUT2D eigenvalue weighted by molar-refractivity contribution is 8.03. The van der Waals surface area contributed by atoms with Gasteiger partial charge in [-0.1, -0.05) is 12.7 Å². The molecule has 0 fully saturated rings. The molecule has 0 amide bonds. The van der Waals surface area contributed by atoms with Gasteiger partial charge in [0.1, 0.15) is 0 Å². The van der Waals surface area contributed by atoms with Crippen LogP contribution in [0, 0.1) is 0 Å². The van der Waals surface area contributed by atoms with Crippen LogP contribution in [-0.2, 0) is 0 Å². The van der Waals surface area contributed by atoms with Crippen LogP contribution in [0.3, 0.4) is 0 Å². The summed E-state index contributed by atoms with van der Waals surface area (Å²) >= 11 is 1.90. The summed E-state index contributed by atoms with van der Waals surface area (Å²) in [6.07, 6.45) is 3.42. The van der Waals surface area contributed by atoms with Gasteiger partial charge in [0.25, 0.3) is 0 Å². The van der Waals surface area contributed by atoms with Crippen LogP contribution >= 0.6 is 11.8 Å². The highest BCUT2D eigenvalue weighted by Gasteiger charge is 2.09. The van der Waals surface area contributed by atoms with Crippen LogP contribution in [-0.4, -0.2) is 11.8 Å². The van der Waals surface area contributed by atoms with Crippen LogP contribution in [0.15, 0.2) is 23.8 Å². The van der Waals surface area contributed by atoms with Crippen molar-refractivity contribution in [3.63, 3.8) is 0 Å². The zero-order valence-corrected chi connectivity index (χ0v) is 7.08. The van der Waals surface area contributed by atoms with Gasteiger partial charge >= 0.3 is 0 Å². The Morgan fingerprint density at radius 3 is 3.20 bits per heavy atom. The number of allylic oxidation sites excluding steroid dienone is 2. The molecule has 0 bridgehead atoms. The van der Waals surface area contributed by atoms with Gasteiger partial charge in [-0.15, -0.1) is 11.8 Å². The van der Waals surface area contributed by atoms with Crippen molar-refractivity contribution in [2.24, 2.45) is 0 Å². The second-order valence-corrected chi connectivity index (χ2v) is 3.74. The van der Waals surface area contributed by atoms with Crippen LogP contribution in [0.5, 0.6) is 0 Å². The van der Waals surface area contributed by atoms with E-state index >= 15 is 0 Å². The fraction of sp³-hybridized carbons (Fsp3) is 0.500. The highest BCUT2D eigenvalue weighted by atomic mass is 32.2. The average molecular weight is 155 g/mol. The molecule has 56 valence electrons. The van der Waals surface area contributed by atoms with E-state index in [4.69, 9.17) is 0 Å². The normalized spacial score (nSPS) is 23.1. The lowest BCUT2D eigenvalue weighted by atomic mass is 10.3. The predicted molar refractivity (Wildman–Crippen MR) is 48.0 cm³/mol. The first-order valence-corrected chi connectivity index (χ1v) is 4.43. The molecule has 0 aliphatic carbocycles. The molecule has 0 radical (unpaired) electrons. The maximum Gasteiger partial charge on any atom is 0.0296 e. The molecule has 1 heterocycles. The van der Waals surface area contributed by atoms with Gasteiger partial charge in [0, 0.05) is 17.5 Å². The molecule has 1 aliphatic heterocycles. The Hall–Kier alpha value is -0.370. The molecule has 0 saturated carbocycles. The SMILES string of the molecule is C=C(C)NCC1CC=CS1. The summed E-state index contributed by atoms with van der Waals surface area (Å²) < 4.78 is 0. The van der Waals surface area contributed by atoms with Gasteiger partial charge in [0.2, 0.25) is 0 Å². The molecule has 0 aromatic rings. The Balaban J connectivity index is 2.09. The number of nitrogens with one attached hydrogen (secondary N) is 1. The number of hydrogen-bond acceptors (Lipinski definition) is 2. The van der Waals surface area contributed by atoms with Gasteiger partial charge in [-0.25, -0.2) is 0 Å². The highest BCUT2D eigenvalue weighted by Crippen LogP contribution is 2.22. The molecule has 1 N–H and O–H groups in total. The van der Waals surface area contributed by atoms with Crippen molar-refractivity contribution in [1.29, 1.82) is 0 Å². The van der Waals surface area contributed by atoms with E-state index in [-0.39, 0.29) is 0 Å². The largest absolute Gasteiger partial charge is 0.388 e. The zero-order valence-electron chi connectivity index (χ0n) is 6.26. The quantitative estimate of drug-likeness (QED) is 0.670. The maximum absolute atomic E-state index is 3.78. The monoisotopic (exact) mass is 155 g/mol. The molecule has 0 spiro atoms. The minimum Gasteiger partial charge on any atom is -0.388 e. The predicted octanol–water partition coefficient (Wildman–Crippen LogP) is 2.13. The van der Waals surface area contributed by atoms with Crippen LogP contribution in [0.4, 0.5) is 0 Å². The summed E-state index contributed by atoms with van der Waals surface area (Å²) in [5.41, 5.74) is 1.06. The second-order valence-electron chi connectivity index (χ2n) is 2.53. The lowest BCUT2D eigenvalue weighted by Crippen LogP contribution is -2.20. The molecule has 10 heavy (non-hydrogen) atoms. The third-order valence-corrected chi connectivity index (χ3v) is 2.49. The molecule has 1 aliphatic rings. The third kappa shape index (κ3) is 2.48. The summed E-state index contributed by atoms with van der Waals surface area (Å²) in [5, 5.41) is 6.14. The first kappa shape index (κ1) is 7.73. The number of rotatable bonds is 3. The molecule has 1 rings (SSSR count). The van der Waals surface area contributed by atoms with Crippen molar-refractivity contribution in [3.05, 3.63) is 23.8 Å². The molecule has 0 aromatic carbocycles. The van der Waals surface area contributed by atoms with Gasteiger partial charge < -0.3 is 5.32 Å². The van der Waals surface area contributed by atoms with E-state index in [1.54, 1.807) is 0 Å². The van der Waals surface area contributed by atoms with Crippen molar-refractivity contribution in [2.75, 3.05) is 6.54 Å². The van der Waals surface area contributed by atoms with Crippen LogP contribution in [0.25, 0.3) is 0 Å². The molecular formula is C8H13NS. The number of hydrogen-bond donors (Lipinski definition) is 1. The first-order chi connectivity index (χ1) is 4.79. The molecule has 1 nitrogen and oxygen atoms in total. The third-order valence-electron chi connectivity index (χ3n) is 1.40. The first-order valence-electron chi connectivity index (χ1n) is 3.49. The van der Waals surface area contributed by atoms with Gasteiger partial charge in [-0.3, -0.25) is 0 Å². The smallest absolute Gasteiger partial charge is 0.0296 e. The summed E-state index contributed by atoms with van der Waals surface area (Å²) in [4.78, 5) is 0. The lowest BCUT2D eigenvalue weighted by molar-refractivity contribution is 0.758. The number of thioether (sulfide) groups is 1. The molecule has 2 heteroatoms. The van der Waals surface area contributed by atoms with Crippen molar-refractivity contribution >= 4 is 11.8 Å². The van der Waals surface area contributed by atoms with Gasteiger partial charge in [-0.05, 0) is 18.8 Å². The van der Waals surface area contributed by atoms with Crippen molar-refractivity contribution in [2.45, 2.75) is 18.6 Å². The standard InChI is InChI=1S/C8H13NS/c1-7(2)9-6-8-4-3-5-10-8/h3,5,8-9H,1,4,6H2,2H3. The van der Waals surface area contributed by atoms with E-state index in [1.165, 1.54) is 6.42 Å². The van der Waals surface area contributed by atoms with E-state index in [0.29, 0.717) is 0 Å². The fourth-order valence-electron chi connectivity index (χ4n) is 0.849. The van der Waals surface area contributed by atoms with Crippen LogP contribution < -0.4 is 5.32 Å². The summed E-state index contributed by atoms with van der Waals surface area (Å²) in [5.74, 6) is 0. The van der Waals surface area contributed by atoms with E-state index in [1.807, 2.05) is 18.7 Å². The van der Waals surface area contributed by atoms with Crippen molar-refractivity contribution in [3.8, 4) is 0 Å². The fourth-order valence-corrected chi connectivity index (χ4v) is 1.70. The van der Waals surface area contributed by atoms with Crippen LogP contribution in [0.2, 0.25) is 0 Å². The Morgan fingerprint density at radius 1 is 1.90 bits per heavy atom. The van der Waals surface area contributed by atoms with Gasteiger partial charge in [0.15, 0.2) is 0 Å². The Morgan fingerprint density at radius 2 is 2.70 bits per heavy atom. The van der Waals surface area contributed by atoms with E-state index in [9.17, 15) is 0 Å². The van der Waals surface area contributed by atoms with E-state index < -0.39 is 0 Å². The van der Waals surface area contributed by atoms with Gasteiger partial charge in [-0.2, -0.15) is 0 Å². The topological polar surface area (TPSA) is 12.0 Å². The minimum absolute atomic E-state index is 0.733. The molecule has 0 saturated heterocycles. The summed E-state index contributed by atoms with van der Waals surface area (Å²) in [6, 6.07) is 0. The lowest BCUT2D eigenvalue weighted by Gasteiger charge is -2.09. The maximum atomic E-state index is 3.78. The molecule has 1 unspecified atom stereocenters. The molecule has 1 atom stereocenters. The zero-order chi connectivity index (χ0) is 7.40. The Kier molecular flexibility index (Phi) is 2.87. The summed E-state index contributed by atoms with van der Waals surface area (Å²) in [6.45, 7) is 6.82. The van der Waals surface area contributed by atoms with E-state index in [2.05, 4.69) is 23.4 Å². The Labute approximate surface area is 66.6 Å². The van der Waals surface area contributed by atoms with Crippen molar-refractivity contribution in [1.82, 2.24) is 5.32 Å². The summed E-state index contributed by atoms with van der Waals surface area (Å²) in [7, 11) is 0. The van der Waals surface area contributed by atoms with Crippen molar-refractivity contribution < 1.29 is 0 Å². The average Bonchev–Trinajstić information content (AvgIpc) is 2.34. The Bertz CT molecular complexity index is 143. The second kappa shape index (κ2) is 3.71. The van der Waals surface area contributed by atoms with Gasteiger partial charge in [0.05, 0.1) is 0 Å². The molecule has 0 aromatic heterocycles.